The third-order valence-corrected chi connectivity index (χ3v) is 7.42. The zero-order valence-corrected chi connectivity index (χ0v) is 20.1. The molecule has 0 spiro atoms. The predicted octanol–water partition coefficient (Wildman–Crippen LogP) is 4.99. The standard InChI is InChI=1S/C28H28N6O/c1-3-18-16-33(14-17-4-5-17)27-25(20-8-10-23(29-13-20)19-6-7-19)28(35)34(31-26(18)27)22-9-11-24-21(12-22)15-32(2)30-24/h8-13,15-17,19H,3-7,14H2,1-2H3. The summed E-state index contributed by atoms with van der Waals surface area (Å²) in [5.41, 5.74) is 7.23. The van der Waals surface area contributed by atoms with E-state index in [1.165, 1.54) is 31.2 Å². The summed E-state index contributed by atoms with van der Waals surface area (Å²) in [6.45, 7) is 3.09. The Morgan fingerprint density at radius 1 is 1.03 bits per heavy atom. The summed E-state index contributed by atoms with van der Waals surface area (Å²) in [6.07, 6.45) is 11.8. The van der Waals surface area contributed by atoms with Crippen molar-refractivity contribution in [1.82, 2.24) is 29.1 Å². The van der Waals surface area contributed by atoms with Crippen molar-refractivity contribution in [2.75, 3.05) is 0 Å². The fourth-order valence-corrected chi connectivity index (χ4v) is 5.19. The number of hydrogen-bond acceptors (Lipinski definition) is 4. The predicted molar refractivity (Wildman–Crippen MR) is 137 cm³/mol. The van der Waals surface area contributed by atoms with Crippen LogP contribution >= 0.6 is 0 Å². The molecule has 2 fully saturated rings. The molecule has 176 valence electrons. The lowest BCUT2D eigenvalue weighted by molar-refractivity contribution is 0.645. The Morgan fingerprint density at radius 3 is 2.60 bits per heavy atom. The summed E-state index contributed by atoms with van der Waals surface area (Å²) < 4.78 is 5.64. The first kappa shape index (κ1) is 20.6. The quantitative estimate of drug-likeness (QED) is 0.355. The molecule has 0 saturated heterocycles. The number of hydrogen-bond donors (Lipinski definition) is 0. The van der Waals surface area contributed by atoms with Crippen LogP contribution in [0.5, 0.6) is 0 Å². The van der Waals surface area contributed by atoms with E-state index in [9.17, 15) is 4.79 Å². The second-order valence-corrected chi connectivity index (χ2v) is 10.2. The molecule has 7 nitrogen and oxygen atoms in total. The molecule has 1 aromatic carbocycles. The van der Waals surface area contributed by atoms with Crippen LogP contribution in [-0.2, 0) is 20.0 Å². The van der Waals surface area contributed by atoms with Gasteiger partial charge in [-0.3, -0.25) is 14.5 Å². The largest absolute Gasteiger partial charge is 0.345 e. The normalized spacial score (nSPS) is 15.9. The molecule has 7 heteroatoms. The van der Waals surface area contributed by atoms with Crippen molar-refractivity contribution >= 4 is 21.9 Å². The van der Waals surface area contributed by atoms with Gasteiger partial charge in [-0.05, 0) is 67.9 Å². The van der Waals surface area contributed by atoms with Gasteiger partial charge in [0.15, 0.2) is 0 Å². The number of pyridine rings is 1. The van der Waals surface area contributed by atoms with Gasteiger partial charge in [0.25, 0.3) is 5.56 Å². The van der Waals surface area contributed by atoms with E-state index in [0.29, 0.717) is 17.4 Å². The molecule has 0 amide bonds. The number of aryl methyl sites for hydroxylation is 2. The van der Waals surface area contributed by atoms with Gasteiger partial charge in [0.05, 0.1) is 22.3 Å². The molecular weight excluding hydrogens is 436 g/mol. The minimum absolute atomic E-state index is 0.112. The van der Waals surface area contributed by atoms with E-state index in [1.54, 1.807) is 9.36 Å². The third-order valence-electron chi connectivity index (χ3n) is 7.42. The summed E-state index contributed by atoms with van der Waals surface area (Å²) in [6, 6.07) is 10.0. The van der Waals surface area contributed by atoms with Crippen LogP contribution in [0.3, 0.4) is 0 Å². The molecule has 0 bridgehead atoms. The first-order valence-corrected chi connectivity index (χ1v) is 12.6. The summed E-state index contributed by atoms with van der Waals surface area (Å²) >= 11 is 0. The Balaban J connectivity index is 1.49. The second kappa shape index (κ2) is 7.63. The maximum absolute atomic E-state index is 14.1. The molecule has 7 rings (SSSR count). The van der Waals surface area contributed by atoms with Gasteiger partial charge in [0.2, 0.25) is 0 Å². The van der Waals surface area contributed by atoms with Gasteiger partial charge in [-0.25, -0.2) is 0 Å². The lowest BCUT2D eigenvalue weighted by Crippen LogP contribution is -2.24. The van der Waals surface area contributed by atoms with Crippen LogP contribution in [0.1, 0.15) is 49.8 Å². The van der Waals surface area contributed by atoms with Crippen molar-refractivity contribution in [3.05, 3.63) is 70.5 Å². The van der Waals surface area contributed by atoms with E-state index in [1.807, 2.05) is 37.6 Å². The first-order chi connectivity index (χ1) is 17.1. The van der Waals surface area contributed by atoms with Gasteiger partial charge in [0, 0.05) is 54.7 Å². The molecule has 0 unspecified atom stereocenters. The Hall–Kier alpha value is -3.74. The lowest BCUT2D eigenvalue weighted by atomic mass is 10.1. The SMILES string of the molecule is CCc1cn(CC2CC2)c2c(-c3ccc(C4CC4)nc3)c(=O)n(-c3ccc4nn(C)cc4c3)nc12. The minimum atomic E-state index is -0.112. The van der Waals surface area contributed by atoms with Crippen molar-refractivity contribution in [3.63, 3.8) is 0 Å². The van der Waals surface area contributed by atoms with Gasteiger partial charge in [-0.2, -0.15) is 14.9 Å². The topological polar surface area (TPSA) is 70.5 Å². The average molecular weight is 465 g/mol. The number of fused-ring (bicyclic) bond motifs is 2. The van der Waals surface area contributed by atoms with E-state index in [2.05, 4.69) is 34.9 Å². The highest BCUT2D eigenvalue weighted by Gasteiger charge is 2.28. The number of aromatic nitrogens is 6. The molecular formula is C28H28N6O. The van der Waals surface area contributed by atoms with Gasteiger partial charge in [-0.1, -0.05) is 13.0 Å². The molecule has 35 heavy (non-hydrogen) atoms. The van der Waals surface area contributed by atoms with Crippen LogP contribution < -0.4 is 5.56 Å². The van der Waals surface area contributed by atoms with Crippen molar-refractivity contribution in [1.29, 1.82) is 0 Å². The van der Waals surface area contributed by atoms with Crippen LogP contribution in [0.2, 0.25) is 0 Å². The van der Waals surface area contributed by atoms with Crippen molar-refractivity contribution < 1.29 is 0 Å². The van der Waals surface area contributed by atoms with Gasteiger partial charge in [0.1, 0.15) is 5.52 Å². The van der Waals surface area contributed by atoms with Crippen LogP contribution in [0.4, 0.5) is 0 Å². The molecule has 2 aliphatic rings. The molecule has 4 aromatic heterocycles. The van der Waals surface area contributed by atoms with Crippen molar-refractivity contribution in [2.24, 2.45) is 13.0 Å². The van der Waals surface area contributed by atoms with E-state index >= 15 is 0 Å². The molecule has 4 heterocycles. The maximum Gasteiger partial charge on any atom is 0.281 e. The van der Waals surface area contributed by atoms with Gasteiger partial charge < -0.3 is 4.57 Å². The van der Waals surface area contributed by atoms with E-state index < -0.39 is 0 Å². The highest BCUT2D eigenvalue weighted by atomic mass is 16.1. The molecule has 5 aromatic rings. The lowest BCUT2D eigenvalue weighted by Gasteiger charge is -2.13. The highest BCUT2D eigenvalue weighted by molar-refractivity contribution is 5.94. The summed E-state index contributed by atoms with van der Waals surface area (Å²) in [7, 11) is 1.91. The highest BCUT2D eigenvalue weighted by Crippen LogP contribution is 2.40. The summed E-state index contributed by atoms with van der Waals surface area (Å²) in [5, 5.41) is 10.4. The molecule has 0 radical (unpaired) electrons. The van der Waals surface area contributed by atoms with Crippen molar-refractivity contribution in [3.8, 4) is 16.8 Å². The smallest absolute Gasteiger partial charge is 0.281 e. The zero-order chi connectivity index (χ0) is 23.7. The summed E-state index contributed by atoms with van der Waals surface area (Å²) in [5.74, 6) is 1.27. The zero-order valence-electron chi connectivity index (χ0n) is 20.1. The molecule has 2 aliphatic carbocycles. The number of benzene rings is 1. The number of nitrogens with zero attached hydrogens (tertiary/aromatic N) is 6. The fourth-order valence-electron chi connectivity index (χ4n) is 5.19. The minimum Gasteiger partial charge on any atom is -0.345 e. The Kier molecular flexibility index (Phi) is 4.50. The average Bonchev–Trinajstić information content (AvgIpc) is 3.79. The monoisotopic (exact) mass is 464 g/mol. The van der Waals surface area contributed by atoms with Gasteiger partial charge in [-0.15, -0.1) is 0 Å². The van der Waals surface area contributed by atoms with E-state index in [4.69, 9.17) is 10.1 Å². The first-order valence-electron chi connectivity index (χ1n) is 12.6. The Labute approximate surface area is 203 Å². The summed E-state index contributed by atoms with van der Waals surface area (Å²) in [4.78, 5) is 18.9. The maximum atomic E-state index is 14.1. The Bertz CT molecular complexity index is 1650. The van der Waals surface area contributed by atoms with Crippen molar-refractivity contribution in [2.45, 2.75) is 51.5 Å². The third kappa shape index (κ3) is 3.49. The van der Waals surface area contributed by atoms with E-state index in [-0.39, 0.29) is 5.56 Å². The van der Waals surface area contributed by atoms with Crippen LogP contribution in [-0.4, -0.2) is 29.1 Å². The van der Waals surface area contributed by atoms with Crippen LogP contribution in [0.25, 0.3) is 38.8 Å². The molecule has 0 N–H and O–H groups in total. The molecule has 0 aliphatic heterocycles. The molecule has 2 saturated carbocycles. The van der Waals surface area contributed by atoms with Gasteiger partial charge >= 0.3 is 0 Å². The number of rotatable bonds is 6. The Morgan fingerprint density at radius 2 is 1.89 bits per heavy atom. The van der Waals surface area contributed by atoms with E-state index in [0.717, 1.165) is 51.8 Å². The fraction of sp³-hybridized carbons (Fsp3) is 0.357. The second-order valence-electron chi connectivity index (χ2n) is 10.2. The molecule has 0 atom stereocenters. The van der Waals surface area contributed by atoms with Crippen LogP contribution in [0.15, 0.2) is 53.7 Å². The van der Waals surface area contributed by atoms with Crippen LogP contribution in [0, 0.1) is 5.92 Å².